The lowest BCUT2D eigenvalue weighted by molar-refractivity contribution is 0.412. The van der Waals surface area contributed by atoms with Crippen molar-refractivity contribution in [2.24, 2.45) is 5.10 Å². The number of benzene rings is 1. The highest BCUT2D eigenvalue weighted by molar-refractivity contribution is 7.80. The molecule has 108 valence electrons. The first-order valence-electron chi connectivity index (χ1n) is 7.02. The largest absolute Gasteiger partial charge is 0.359 e. The van der Waals surface area contributed by atoms with E-state index in [1.165, 1.54) is 32.1 Å². The number of nitrogens with zero attached hydrogens (tertiary/aromatic N) is 1. The maximum absolute atomic E-state index is 5.97. The summed E-state index contributed by atoms with van der Waals surface area (Å²) in [5.41, 5.74) is 4.77. The van der Waals surface area contributed by atoms with Crippen molar-refractivity contribution in [2.75, 3.05) is 0 Å². The maximum atomic E-state index is 5.97. The third kappa shape index (κ3) is 4.76. The molecule has 20 heavy (non-hydrogen) atoms. The average Bonchev–Trinajstić information content (AvgIpc) is 2.46. The SMILES string of the molecule is C/C(=N/NC(=S)NC1CCCCC1)c1cccc(Cl)c1. The van der Waals surface area contributed by atoms with E-state index >= 15 is 0 Å². The van der Waals surface area contributed by atoms with Gasteiger partial charge in [0, 0.05) is 11.1 Å². The van der Waals surface area contributed by atoms with Crippen molar-refractivity contribution in [3.63, 3.8) is 0 Å². The van der Waals surface area contributed by atoms with Crippen molar-refractivity contribution in [1.29, 1.82) is 0 Å². The van der Waals surface area contributed by atoms with E-state index in [4.69, 9.17) is 23.8 Å². The van der Waals surface area contributed by atoms with Crippen LogP contribution in [0.15, 0.2) is 29.4 Å². The highest BCUT2D eigenvalue weighted by Crippen LogP contribution is 2.17. The summed E-state index contributed by atoms with van der Waals surface area (Å²) in [7, 11) is 0. The molecule has 0 bridgehead atoms. The van der Waals surface area contributed by atoms with Crippen molar-refractivity contribution >= 4 is 34.6 Å². The van der Waals surface area contributed by atoms with E-state index in [9.17, 15) is 0 Å². The molecule has 0 spiro atoms. The van der Waals surface area contributed by atoms with Crippen LogP contribution in [0.2, 0.25) is 5.02 Å². The highest BCUT2D eigenvalue weighted by Gasteiger charge is 2.13. The van der Waals surface area contributed by atoms with Gasteiger partial charge in [0.1, 0.15) is 0 Å². The second kappa shape index (κ2) is 7.60. The second-order valence-electron chi connectivity index (χ2n) is 5.13. The van der Waals surface area contributed by atoms with Gasteiger partial charge in [-0.05, 0) is 49.7 Å². The highest BCUT2D eigenvalue weighted by atomic mass is 35.5. The molecule has 2 N–H and O–H groups in total. The molecule has 0 amide bonds. The van der Waals surface area contributed by atoms with E-state index in [0.717, 1.165) is 11.3 Å². The van der Waals surface area contributed by atoms with Crippen molar-refractivity contribution in [3.8, 4) is 0 Å². The third-order valence-electron chi connectivity index (χ3n) is 3.51. The molecule has 1 saturated carbocycles. The topological polar surface area (TPSA) is 36.4 Å². The van der Waals surface area contributed by atoms with E-state index in [1.807, 2.05) is 31.2 Å². The lowest BCUT2D eigenvalue weighted by Crippen LogP contribution is -2.41. The molecule has 0 radical (unpaired) electrons. The fourth-order valence-electron chi connectivity index (χ4n) is 2.38. The number of rotatable bonds is 3. The normalized spacial score (nSPS) is 16.8. The summed E-state index contributed by atoms with van der Waals surface area (Å²) in [6.07, 6.45) is 6.29. The average molecular weight is 310 g/mol. The van der Waals surface area contributed by atoms with E-state index in [-0.39, 0.29) is 0 Å². The maximum Gasteiger partial charge on any atom is 0.187 e. The Bertz CT molecular complexity index is 496. The van der Waals surface area contributed by atoms with Crippen LogP contribution in [0.1, 0.15) is 44.6 Å². The van der Waals surface area contributed by atoms with Crippen LogP contribution in [0, 0.1) is 0 Å². The molecule has 0 unspecified atom stereocenters. The van der Waals surface area contributed by atoms with Gasteiger partial charge >= 0.3 is 0 Å². The summed E-state index contributed by atoms with van der Waals surface area (Å²) in [5.74, 6) is 0. The number of nitrogens with one attached hydrogen (secondary N) is 2. The Hall–Kier alpha value is -1.13. The fraction of sp³-hybridized carbons (Fsp3) is 0.467. The van der Waals surface area contributed by atoms with Gasteiger partial charge in [-0.15, -0.1) is 0 Å². The molecular weight excluding hydrogens is 290 g/mol. The van der Waals surface area contributed by atoms with Crippen molar-refractivity contribution in [1.82, 2.24) is 10.7 Å². The van der Waals surface area contributed by atoms with Crippen LogP contribution in [0.25, 0.3) is 0 Å². The first-order chi connectivity index (χ1) is 9.65. The van der Waals surface area contributed by atoms with Gasteiger partial charge < -0.3 is 5.32 Å². The molecule has 2 rings (SSSR count). The zero-order valence-electron chi connectivity index (χ0n) is 11.7. The molecule has 0 aromatic heterocycles. The van der Waals surface area contributed by atoms with Crippen LogP contribution >= 0.6 is 23.8 Å². The smallest absolute Gasteiger partial charge is 0.187 e. The summed E-state index contributed by atoms with van der Waals surface area (Å²) in [4.78, 5) is 0. The minimum atomic E-state index is 0.491. The molecule has 5 heteroatoms. The molecule has 0 aliphatic heterocycles. The first-order valence-corrected chi connectivity index (χ1v) is 7.80. The second-order valence-corrected chi connectivity index (χ2v) is 5.97. The van der Waals surface area contributed by atoms with Gasteiger partial charge in [0.2, 0.25) is 0 Å². The predicted octanol–water partition coefficient (Wildman–Crippen LogP) is 3.86. The lowest BCUT2D eigenvalue weighted by Gasteiger charge is -2.23. The lowest BCUT2D eigenvalue weighted by atomic mass is 9.96. The summed E-state index contributed by atoms with van der Waals surface area (Å²) in [6.45, 7) is 1.93. The van der Waals surface area contributed by atoms with Crippen molar-refractivity contribution in [3.05, 3.63) is 34.9 Å². The van der Waals surface area contributed by atoms with Crippen LogP contribution in [0.3, 0.4) is 0 Å². The van der Waals surface area contributed by atoms with Gasteiger partial charge in [-0.1, -0.05) is 43.0 Å². The zero-order chi connectivity index (χ0) is 14.4. The summed E-state index contributed by atoms with van der Waals surface area (Å²) in [6, 6.07) is 8.12. The van der Waals surface area contributed by atoms with Crippen molar-refractivity contribution in [2.45, 2.75) is 45.1 Å². The Morgan fingerprint density at radius 3 is 2.75 bits per heavy atom. The van der Waals surface area contributed by atoms with Crippen LogP contribution in [-0.2, 0) is 0 Å². The summed E-state index contributed by atoms with van der Waals surface area (Å²) < 4.78 is 0. The van der Waals surface area contributed by atoms with Gasteiger partial charge in [-0.25, -0.2) is 0 Å². The van der Waals surface area contributed by atoms with Crippen LogP contribution < -0.4 is 10.7 Å². The Kier molecular flexibility index (Phi) is 5.80. The Labute approximate surface area is 130 Å². The van der Waals surface area contributed by atoms with Gasteiger partial charge in [0.05, 0.1) is 5.71 Å². The molecule has 1 aliphatic rings. The number of hydrazone groups is 1. The van der Waals surface area contributed by atoms with E-state index < -0.39 is 0 Å². The van der Waals surface area contributed by atoms with E-state index in [1.54, 1.807) is 0 Å². The molecule has 0 saturated heterocycles. The number of thiocarbonyl (C=S) groups is 1. The molecule has 3 nitrogen and oxygen atoms in total. The Balaban J connectivity index is 1.86. The predicted molar refractivity (Wildman–Crippen MR) is 89.4 cm³/mol. The Morgan fingerprint density at radius 1 is 1.30 bits per heavy atom. The summed E-state index contributed by atoms with van der Waals surface area (Å²) in [5, 5.41) is 8.93. The molecule has 0 atom stereocenters. The van der Waals surface area contributed by atoms with E-state index in [2.05, 4.69) is 15.8 Å². The quantitative estimate of drug-likeness (QED) is 0.506. The number of halogens is 1. The zero-order valence-corrected chi connectivity index (χ0v) is 13.2. The molecule has 0 heterocycles. The molecule has 1 aliphatic carbocycles. The van der Waals surface area contributed by atoms with Crippen molar-refractivity contribution < 1.29 is 0 Å². The molecular formula is C15H20ClN3S. The van der Waals surface area contributed by atoms with Gasteiger partial charge in [0.15, 0.2) is 5.11 Å². The minimum absolute atomic E-state index is 0.491. The monoisotopic (exact) mass is 309 g/mol. The third-order valence-corrected chi connectivity index (χ3v) is 3.95. The summed E-state index contributed by atoms with van der Waals surface area (Å²) >= 11 is 11.2. The van der Waals surface area contributed by atoms with Gasteiger partial charge in [0.25, 0.3) is 0 Å². The fourth-order valence-corrected chi connectivity index (χ4v) is 2.78. The number of hydrogen-bond donors (Lipinski definition) is 2. The van der Waals surface area contributed by atoms with E-state index in [0.29, 0.717) is 16.2 Å². The number of hydrogen-bond acceptors (Lipinski definition) is 2. The minimum Gasteiger partial charge on any atom is -0.359 e. The van der Waals surface area contributed by atoms with Crippen LogP contribution in [0.4, 0.5) is 0 Å². The first kappa shape index (κ1) is 15.3. The van der Waals surface area contributed by atoms with Gasteiger partial charge in [-0.3, -0.25) is 5.43 Å². The van der Waals surface area contributed by atoms with Gasteiger partial charge in [-0.2, -0.15) is 5.10 Å². The standard InChI is InChI=1S/C15H20ClN3S/c1-11(12-6-5-7-13(16)10-12)18-19-15(20)17-14-8-3-2-4-9-14/h5-7,10,14H,2-4,8-9H2,1H3,(H2,17,19,20)/b18-11-. The Morgan fingerprint density at radius 2 is 2.05 bits per heavy atom. The van der Waals surface area contributed by atoms with Crippen LogP contribution in [-0.4, -0.2) is 16.9 Å². The molecule has 1 aromatic rings. The molecule has 1 aromatic carbocycles. The van der Waals surface area contributed by atoms with Crippen LogP contribution in [0.5, 0.6) is 0 Å². The molecule has 1 fully saturated rings.